The van der Waals surface area contributed by atoms with Crippen LogP contribution in [-0.4, -0.2) is 28.5 Å². The number of benzene rings is 3. The van der Waals surface area contributed by atoms with E-state index in [0.29, 0.717) is 27.6 Å². The maximum Gasteiger partial charge on any atom is 0.294 e. The molecule has 1 heterocycles. The number of nitrogens with one attached hydrogen (secondary N) is 1. The minimum Gasteiger partial charge on any atom is -0.489 e. The Morgan fingerprint density at radius 3 is 2.47 bits per heavy atom. The Bertz CT molecular complexity index is 1280. The molecule has 0 aromatic heterocycles. The van der Waals surface area contributed by atoms with Crippen LogP contribution in [0.5, 0.6) is 5.75 Å². The van der Waals surface area contributed by atoms with E-state index in [-0.39, 0.29) is 17.3 Å². The molecule has 0 unspecified atom stereocenters. The molecule has 4 rings (SSSR count). The quantitative estimate of drug-likeness (QED) is 0.422. The maximum atomic E-state index is 13.7. The number of carbonyl (C=O) groups is 3. The maximum absolute atomic E-state index is 13.7. The van der Waals surface area contributed by atoms with Crippen LogP contribution in [0.4, 0.5) is 14.9 Å². The van der Waals surface area contributed by atoms with Gasteiger partial charge in [0.05, 0.1) is 15.6 Å². The Labute approximate surface area is 204 Å². The van der Waals surface area contributed by atoms with E-state index in [4.69, 9.17) is 16.3 Å². The molecular formula is C25H18ClFN2O4S. The molecule has 1 saturated heterocycles. The third-order valence-corrected chi connectivity index (χ3v) is 6.09. The van der Waals surface area contributed by atoms with E-state index in [1.165, 1.54) is 6.07 Å². The molecule has 0 radical (unpaired) electrons. The summed E-state index contributed by atoms with van der Waals surface area (Å²) in [6.45, 7) is -0.336. The summed E-state index contributed by atoms with van der Waals surface area (Å²) in [4.78, 5) is 38.4. The summed E-state index contributed by atoms with van der Waals surface area (Å²) in [5.41, 5.74) is 1.51. The van der Waals surface area contributed by atoms with Crippen LogP contribution in [0.3, 0.4) is 0 Å². The number of hydrogen-bond acceptors (Lipinski definition) is 5. The van der Waals surface area contributed by atoms with Crippen LogP contribution in [0.1, 0.15) is 11.1 Å². The van der Waals surface area contributed by atoms with E-state index < -0.39 is 23.6 Å². The van der Waals surface area contributed by atoms with Crippen LogP contribution >= 0.6 is 23.4 Å². The van der Waals surface area contributed by atoms with E-state index in [1.54, 1.807) is 72.8 Å². The van der Waals surface area contributed by atoms with Gasteiger partial charge in [0, 0.05) is 5.56 Å². The van der Waals surface area contributed by atoms with Crippen molar-refractivity contribution in [3.8, 4) is 5.75 Å². The first kappa shape index (κ1) is 23.5. The summed E-state index contributed by atoms with van der Waals surface area (Å²) in [6.07, 6.45) is 1.57. The standard InChI is InChI=1S/C25H18ClFN2O4S/c26-19-6-2-4-8-21(19)28-23(30)14-29-24(31)22(34-25(29)32)13-16-9-11-18(12-10-16)33-15-17-5-1-3-7-20(17)27/h1-13H,14-15H2,(H,28,30)/b22-13+. The van der Waals surface area contributed by atoms with Crippen molar-refractivity contribution < 1.29 is 23.5 Å². The number of imide groups is 1. The van der Waals surface area contributed by atoms with Crippen molar-refractivity contribution in [1.82, 2.24) is 4.90 Å². The lowest BCUT2D eigenvalue weighted by Gasteiger charge is -2.13. The fourth-order valence-corrected chi connectivity index (χ4v) is 4.14. The lowest BCUT2D eigenvalue weighted by molar-refractivity contribution is -0.127. The van der Waals surface area contributed by atoms with Crippen LogP contribution in [0.15, 0.2) is 77.7 Å². The Morgan fingerprint density at radius 1 is 1.03 bits per heavy atom. The molecule has 0 saturated carbocycles. The van der Waals surface area contributed by atoms with Crippen molar-refractivity contribution in [2.24, 2.45) is 0 Å². The smallest absolute Gasteiger partial charge is 0.294 e. The molecule has 1 N–H and O–H groups in total. The normalized spacial score (nSPS) is 14.5. The topological polar surface area (TPSA) is 75.7 Å². The average molecular weight is 497 g/mol. The minimum atomic E-state index is -0.552. The highest BCUT2D eigenvalue weighted by Crippen LogP contribution is 2.32. The average Bonchev–Trinajstić information content (AvgIpc) is 3.08. The fraction of sp³-hybridized carbons (Fsp3) is 0.0800. The van der Waals surface area contributed by atoms with E-state index in [9.17, 15) is 18.8 Å². The number of nitrogens with zero attached hydrogens (tertiary/aromatic N) is 1. The predicted octanol–water partition coefficient (Wildman–Crippen LogP) is 5.73. The van der Waals surface area contributed by atoms with Gasteiger partial charge in [-0.25, -0.2) is 4.39 Å². The molecule has 172 valence electrons. The molecule has 3 aromatic rings. The molecular weight excluding hydrogens is 479 g/mol. The number of anilines is 1. The lowest BCUT2D eigenvalue weighted by Crippen LogP contribution is -2.36. The number of para-hydroxylation sites is 1. The molecule has 0 atom stereocenters. The number of ether oxygens (including phenoxy) is 1. The van der Waals surface area contributed by atoms with Gasteiger partial charge in [-0.3, -0.25) is 19.3 Å². The van der Waals surface area contributed by atoms with Gasteiger partial charge >= 0.3 is 0 Å². The van der Waals surface area contributed by atoms with Gasteiger partial charge < -0.3 is 10.1 Å². The summed E-state index contributed by atoms with van der Waals surface area (Å²) in [7, 11) is 0. The van der Waals surface area contributed by atoms with Crippen molar-refractivity contribution in [3.63, 3.8) is 0 Å². The largest absolute Gasteiger partial charge is 0.489 e. The van der Waals surface area contributed by atoms with Crippen molar-refractivity contribution in [3.05, 3.63) is 99.7 Å². The first-order valence-corrected chi connectivity index (χ1v) is 11.4. The first-order valence-electron chi connectivity index (χ1n) is 10.2. The summed E-state index contributed by atoms with van der Waals surface area (Å²) in [5, 5.41) is 2.41. The Hall–Kier alpha value is -3.62. The zero-order valence-corrected chi connectivity index (χ0v) is 19.2. The van der Waals surface area contributed by atoms with Crippen LogP contribution in [0.2, 0.25) is 5.02 Å². The van der Waals surface area contributed by atoms with Crippen LogP contribution in [0, 0.1) is 5.82 Å². The minimum absolute atomic E-state index is 0.0845. The summed E-state index contributed by atoms with van der Waals surface area (Å²) in [5.74, 6) is -0.891. The van der Waals surface area contributed by atoms with E-state index in [1.807, 2.05) is 0 Å². The van der Waals surface area contributed by atoms with E-state index in [0.717, 1.165) is 16.7 Å². The number of rotatable bonds is 7. The molecule has 34 heavy (non-hydrogen) atoms. The highest BCUT2D eigenvalue weighted by atomic mass is 35.5. The van der Waals surface area contributed by atoms with Crippen LogP contribution < -0.4 is 10.1 Å². The molecule has 1 aliphatic heterocycles. The summed E-state index contributed by atoms with van der Waals surface area (Å²) < 4.78 is 19.3. The third kappa shape index (κ3) is 5.65. The number of halogens is 2. The molecule has 1 aliphatic rings. The first-order chi connectivity index (χ1) is 16.4. The van der Waals surface area contributed by atoms with Crippen molar-refractivity contribution in [2.45, 2.75) is 6.61 Å². The van der Waals surface area contributed by atoms with Crippen molar-refractivity contribution >= 4 is 52.2 Å². The zero-order valence-electron chi connectivity index (χ0n) is 17.7. The lowest BCUT2D eigenvalue weighted by atomic mass is 10.2. The predicted molar refractivity (Wildman–Crippen MR) is 130 cm³/mol. The molecule has 9 heteroatoms. The number of carbonyl (C=O) groups excluding carboxylic acids is 3. The Kier molecular flexibility index (Phi) is 7.30. The summed E-state index contributed by atoms with van der Waals surface area (Å²) >= 11 is 6.78. The fourth-order valence-electron chi connectivity index (χ4n) is 3.12. The van der Waals surface area contributed by atoms with Gasteiger partial charge in [-0.05, 0) is 53.7 Å². The van der Waals surface area contributed by atoms with E-state index in [2.05, 4.69) is 5.32 Å². The molecule has 1 fully saturated rings. The number of amides is 3. The number of hydrogen-bond donors (Lipinski definition) is 1. The Balaban J connectivity index is 1.37. The van der Waals surface area contributed by atoms with E-state index >= 15 is 0 Å². The third-order valence-electron chi connectivity index (χ3n) is 4.85. The van der Waals surface area contributed by atoms with Gasteiger partial charge in [0.2, 0.25) is 5.91 Å². The number of thioether (sulfide) groups is 1. The SMILES string of the molecule is O=C(CN1C(=O)S/C(=C/c2ccc(OCc3ccccc3F)cc2)C1=O)Nc1ccccc1Cl. The second-order valence-corrected chi connectivity index (χ2v) is 8.65. The monoisotopic (exact) mass is 496 g/mol. The van der Waals surface area contributed by atoms with Gasteiger partial charge in [0.1, 0.15) is 24.7 Å². The highest BCUT2D eigenvalue weighted by molar-refractivity contribution is 8.18. The molecule has 3 aromatic carbocycles. The van der Waals surface area contributed by atoms with Crippen LogP contribution in [0.25, 0.3) is 6.08 Å². The molecule has 0 aliphatic carbocycles. The second kappa shape index (κ2) is 10.5. The molecule has 0 spiro atoms. The zero-order chi connectivity index (χ0) is 24.1. The Morgan fingerprint density at radius 2 is 1.74 bits per heavy atom. The summed E-state index contributed by atoms with van der Waals surface area (Å²) in [6, 6.07) is 19.9. The van der Waals surface area contributed by atoms with Gasteiger partial charge in [-0.15, -0.1) is 0 Å². The highest BCUT2D eigenvalue weighted by Gasteiger charge is 2.36. The molecule has 0 bridgehead atoms. The molecule has 6 nitrogen and oxygen atoms in total. The van der Waals surface area contributed by atoms with Crippen LogP contribution in [-0.2, 0) is 16.2 Å². The van der Waals surface area contributed by atoms with Gasteiger partial charge in [0.15, 0.2) is 0 Å². The van der Waals surface area contributed by atoms with Gasteiger partial charge in [-0.1, -0.05) is 54.1 Å². The van der Waals surface area contributed by atoms with Gasteiger partial charge in [0.25, 0.3) is 11.1 Å². The van der Waals surface area contributed by atoms with Crippen molar-refractivity contribution in [2.75, 3.05) is 11.9 Å². The van der Waals surface area contributed by atoms with Crippen molar-refractivity contribution in [1.29, 1.82) is 0 Å². The van der Waals surface area contributed by atoms with Gasteiger partial charge in [-0.2, -0.15) is 0 Å². The second-order valence-electron chi connectivity index (χ2n) is 7.24. The molecule has 3 amide bonds.